The molecule has 0 amide bonds. The number of para-hydroxylation sites is 1. The lowest BCUT2D eigenvalue weighted by atomic mass is 9.82. The zero-order valence-corrected chi connectivity index (χ0v) is 20.7. The summed E-state index contributed by atoms with van der Waals surface area (Å²) in [5, 5.41) is 43.2. The van der Waals surface area contributed by atoms with E-state index in [1.807, 2.05) is 31.2 Å². The predicted molar refractivity (Wildman–Crippen MR) is 134 cm³/mol. The van der Waals surface area contributed by atoms with Gasteiger partial charge in [-0.2, -0.15) is 0 Å². The molecule has 0 aliphatic carbocycles. The number of piperidine rings is 1. The standard InChI is InChI=1S/C27H32N2O8/c1-3-14-11-29-9-8-16-15-6-4-5-7-19(15)28-22(16)20(29)10-17(14)18(26(34)35-2)13-36-27-25(33)24(32)23(31)21(12-30)37-27/h3-8,13,17,21,23-25,27-28,30-33H,9-12H2,1-2H3. The van der Waals surface area contributed by atoms with Crippen molar-refractivity contribution in [1.82, 2.24) is 9.88 Å². The van der Waals surface area contributed by atoms with E-state index < -0.39 is 43.3 Å². The Balaban J connectivity index is 1.52. The number of ether oxygens (including phenoxy) is 3. The van der Waals surface area contributed by atoms with E-state index in [1.165, 1.54) is 13.4 Å². The summed E-state index contributed by atoms with van der Waals surface area (Å²) in [6.07, 6.45) is -1.31. The first-order valence-electron chi connectivity index (χ1n) is 12.3. The number of benzene rings is 1. The second kappa shape index (κ2) is 10.3. The Bertz CT molecular complexity index is 1360. The minimum Gasteiger partial charge on any atom is -0.469 e. The normalized spacial score (nSPS) is 31.1. The summed E-state index contributed by atoms with van der Waals surface area (Å²) in [6.45, 7) is 2.69. The van der Waals surface area contributed by atoms with Crippen molar-refractivity contribution in [1.29, 1.82) is 0 Å². The topological polar surface area (TPSA) is 145 Å². The van der Waals surface area contributed by atoms with Gasteiger partial charge < -0.3 is 44.5 Å². The maximum Gasteiger partial charge on any atom is 0.337 e. The number of H-pyrrole nitrogens is 1. The summed E-state index contributed by atoms with van der Waals surface area (Å²) in [4.78, 5) is 18.8. The second-order valence-electron chi connectivity index (χ2n) is 9.51. The van der Waals surface area contributed by atoms with Crippen LogP contribution in [-0.2, 0) is 19.0 Å². The van der Waals surface area contributed by atoms with E-state index in [1.54, 1.807) is 0 Å². The van der Waals surface area contributed by atoms with Crippen molar-refractivity contribution < 1.29 is 39.4 Å². The minimum absolute atomic E-state index is 0.229. The van der Waals surface area contributed by atoms with Crippen LogP contribution >= 0.6 is 0 Å². The molecule has 4 heterocycles. The molecule has 10 nitrogen and oxygen atoms in total. The van der Waals surface area contributed by atoms with Crippen LogP contribution in [0.1, 0.15) is 13.3 Å². The zero-order chi connectivity index (χ0) is 26.3. The van der Waals surface area contributed by atoms with E-state index in [-0.39, 0.29) is 11.5 Å². The largest absolute Gasteiger partial charge is 0.469 e. The van der Waals surface area contributed by atoms with Crippen LogP contribution in [0.25, 0.3) is 22.7 Å². The van der Waals surface area contributed by atoms with Crippen LogP contribution in [-0.4, -0.2) is 93.8 Å². The number of aliphatic hydroxyl groups excluding tert-OH is 4. The fraction of sp³-hybridized carbons (Fsp3) is 0.444. The highest BCUT2D eigenvalue weighted by atomic mass is 16.7. The second-order valence-corrected chi connectivity index (χ2v) is 9.51. The van der Waals surface area contributed by atoms with Gasteiger partial charge in [-0.3, -0.25) is 0 Å². The summed E-state index contributed by atoms with van der Waals surface area (Å²) in [6, 6.07) is 8.13. The van der Waals surface area contributed by atoms with Gasteiger partial charge in [0.2, 0.25) is 6.29 Å². The lowest BCUT2D eigenvalue weighted by molar-refractivity contribution is -0.288. The van der Waals surface area contributed by atoms with Crippen LogP contribution < -0.4 is 10.6 Å². The number of allylic oxidation sites excluding steroid dienone is 1. The van der Waals surface area contributed by atoms with E-state index in [2.05, 4.69) is 22.0 Å². The Morgan fingerprint density at radius 2 is 2.00 bits per heavy atom. The number of rotatable bonds is 5. The molecule has 6 unspecified atom stereocenters. The van der Waals surface area contributed by atoms with E-state index in [4.69, 9.17) is 14.2 Å². The Kier molecular flexibility index (Phi) is 7.11. The molecule has 1 aromatic heterocycles. The van der Waals surface area contributed by atoms with Crippen molar-refractivity contribution in [2.75, 3.05) is 26.8 Å². The van der Waals surface area contributed by atoms with Crippen LogP contribution in [0.5, 0.6) is 0 Å². The smallest absolute Gasteiger partial charge is 0.337 e. The van der Waals surface area contributed by atoms with Gasteiger partial charge in [-0.05, 0) is 18.6 Å². The molecule has 10 heteroatoms. The number of aromatic amines is 1. The van der Waals surface area contributed by atoms with Crippen molar-refractivity contribution in [2.24, 2.45) is 5.92 Å². The molecular weight excluding hydrogens is 480 g/mol. The molecule has 0 bridgehead atoms. The SMILES string of the molecule is CC=C1CN2CC=c3c([nH]c4ccccc34)=C2CC1C(=COC1OC(CO)C(O)C(O)C1O)C(=O)OC. The summed E-state index contributed by atoms with van der Waals surface area (Å²) < 4.78 is 16.2. The van der Waals surface area contributed by atoms with E-state index >= 15 is 0 Å². The van der Waals surface area contributed by atoms with Gasteiger partial charge >= 0.3 is 5.97 Å². The molecule has 2 saturated heterocycles. The van der Waals surface area contributed by atoms with E-state index in [0.29, 0.717) is 13.0 Å². The Hall–Kier alpha value is -3.15. The summed E-state index contributed by atoms with van der Waals surface area (Å²) in [5.41, 5.74) is 3.35. The molecule has 37 heavy (non-hydrogen) atoms. The Labute approximate surface area is 213 Å². The third kappa shape index (κ3) is 4.45. The number of esters is 1. The quantitative estimate of drug-likeness (QED) is 0.151. The number of methoxy groups -OCH3 is 1. The van der Waals surface area contributed by atoms with E-state index in [9.17, 15) is 25.2 Å². The molecule has 1 aromatic carbocycles. The molecule has 5 N–H and O–H groups in total. The molecule has 2 aromatic rings. The molecule has 3 aliphatic heterocycles. The van der Waals surface area contributed by atoms with Crippen LogP contribution in [0, 0.1) is 5.92 Å². The Morgan fingerprint density at radius 3 is 2.73 bits per heavy atom. The first-order chi connectivity index (χ1) is 17.9. The molecule has 6 atom stereocenters. The maximum atomic E-state index is 12.9. The van der Waals surface area contributed by atoms with Gasteiger partial charge in [0.1, 0.15) is 24.4 Å². The minimum atomic E-state index is -1.59. The predicted octanol–water partition coefficient (Wildman–Crippen LogP) is -0.788. The number of hydrogen-bond acceptors (Lipinski definition) is 9. The fourth-order valence-corrected chi connectivity index (χ4v) is 5.43. The van der Waals surface area contributed by atoms with Crippen molar-refractivity contribution in [3.05, 3.63) is 58.3 Å². The molecule has 5 rings (SSSR count). The van der Waals surface area contributed by atoms with Gasteiger partial charge in [-0.25, -0.2) is 4.79 Å². The van der Waals surface area contributed by atoms with E-state index in [0.717, 1.165) is 39.3 Å². The number of aromatic nitrogens is 1. The van der Waals surface area contributed by atoms with Gasteiger partial charge in [-0.15, -0.1) is 0 Å². The maximum absolute atomic E-state index is 12.9. The number of nitrogens with one attached hydrogen (secondary N) is 1. The molecule has 3 aliphatic rings. The molecule has 0 spiro atoms. The number of fused-ring (bicyclic) bond motifs is 4. The first kappa shape index (κ1) is 25.5. The van der Waals surface area contributed by atoms with Crippen LogP contribution in [0.4, 0.5) is 0 Å². The Morgan fingerprint density at radius 1 is 1.22 bits per heavy atom. The summed E-state index contributed by atoms with van der Waals surface area (Å²) in [5.74, 6) is -0.965. The summed E-state index contributed by atoms with van der Waals surface area (Å²) >= 11 is 0. The molecular formula is C27H32N2O8. The third-order valence-corrected chi connectivity index (χ3v) is 7.50. The highest BCUT2D eigenvalue weighted by molar-refractivity contribution is 5.90. The summed E-state index contributed by atoms with van der Waals surface area (Å²) in [7, 11) is 1.28. The molecule has 0 saturated carbocycles. The first-order valence-corrected chi connectivity index (χ1v) is 12.3. The molecule has 0 radical (unpaired) electrons. The molecule has 198 valence electrons. The number of nitrogens with zero attached hydrogens (tertiary/aromatic N) is 1. The zero-order valence-electron chi connectivity index (χ0n) is 20.7. The van der Waals surface area contributed by atoms with Crippen LogP contribution in [0.15, 0.2) is 47.7 Å². The highest BCUT2D eigenvalue weighted by Gasteiger charge is 2.44. The lowest BCUT2D eigenvalue weighted by Crippen LogP contribution is -2.58. The van der Waals surface area contributed by atoms with Crippen molar-refractivity contribution in [3.8, 4) is 0 Å². The third-order valence-electron chi connectivity index (χ3n) is 7.50. The monoisotopic (exact) mass is 512 g/mol. The average molecular weight is 513 g/mol. The van der Waals surface area contributed by atoms with Gasteiger partial charge in [-0.1, -0.05) is 30.4 Å². The van der Waals surface area contributed by atoms with Gasteiger partial charge in [0.05, 0.1) is 30.9 Å². The average Bonchev–Trinajstić information content (AvgIpc) is 3.31. The highest BCUT2D eigenvalue weighted by Crippen LogP contribution is 2.36. The number of hydrogen-bond donors (Lipinski definition) is 5. The van der Waals surface area contributed by atoms with Crippen molar-refractivity contribution in [2.45, 2.75) is 44.1 Å². The number of carbonyl (C=O) groups is 1. The van der Waals surface area contributed by atoms with Crippen molar-refractivity contribution in [3.63, 3.8) is 0 Å². The molecule has 2 fully saturated rings. The van der Waals surface area contributed by atoms with Gasteiger partial charge in [0, 0.05) is 47.2 Å². The van der Waals surface area contributed by atoms with Crippen LogP contribution in [0.2, 0.25) is 0 Å². The van der Waals surface area contributed by atoms with Crippen LogP contribution in [0.3, 0.4) is 0 Å². The van der Waals surface area contributed by atoms with Gasteiger partial charge in [0.15, 0.2) is 0 Å². The number of aliphatic hydroxyl groups is 4. The number of carbonyl (C=O) groups excluding carboxylic acids is 1. The van der Waals surface area contributed by atoms with Crippen molar-refractivity contribution >= 4 is 28.6 Å². The lowest BCUT2D eigenvalue weighted by Gasteiger charge is -2.40. The fourth-order valence-electron chi connectivity index (χ4n) is 5.43. The van der Waals surface area contributed by atoms with Gasteiger partial charge in [0.25, 0.3) is 0 Å².